The highest BCUT2D eigenvalue weighted by molar-refractivity contribution is 8.00. The van der Waals surface area contributed by atoms with Crippen LogP contribution in [0.25, 0.3) is 11.1 Å². The van der Waals surface area contributed by atoms with Crippen molar-refractivity contribution in [1.82, 2.24) is 10.6 Å². The van der Waals surface area contributed by atoms with Crippen LogP contribution < -0.4 is 15.4 Å². The van der Waals surface area contributed by atoms with Crippen LogP contribution in [0.5, 0.6) is 5.75 Å². The minimum absolute atomic E-state index is 0.000769. The highest BCUT2D eigenvalue weighted by Crippen LogP contribution is 2.49. The molecule has 0 saturated heterocycles. The zero-order valence-corrected chi connectivity index (χ0v) is 32.6. The van der Waals surface area contributed by atoms with Crippen molar-refractivity contribution >= 4 is 29.7 Å². The Kier molecular flexibility index (Phi) is 12.6. The quantitative estimate of drug-likeness (QED) is 0.0625. The molecule has 2 N–H and O–H groups in total. The van der Waals surface area contributed by atoms with Crippen molar-refractivity contribution in [1.29, 1.82) is 0 Å². The number of alkyl carbamates (subject to hydrolysis) is 1. The lowest BCUT2D eigenvalue weighted by Gasteiger charge is -2.35. The van der Waals surface area contributed by atoms with Gasteiger partial charge >= 0.3 is 12.1 Å². The van der Waals surface area contributed by atoms with Crippen molar-refractivity contribution in [3.05, 3.63) is 161 Å². The number of benzene rings is 5. The first-order valence-corrected chi connectivity index (χ1v) is 19.6. The number of hydrogen-bond donors (Lipinski definition) is 2. The van der Waals surface area contributed by atoms with E-state index in [2.05, 4.69) is 59.2 Å². The van der Waals surface area contributed by atoms with Crippen LogP contribution in [-0.2, 0) is 23.8 Å². The molecule has 5 aromatic carbocycles. The monoisotopic (exact) mass is 756 g/mol. The Labute approximate surface area is 328 Å². The van der Waals surface area contributed by atoms with Gasteiger partial charge in [-0.3, -0.25) is 4.79 Å². The number of esters is 1. The van der Waals surface area contributed by atoms with Crippen molar-refractivity contribution in [2.24, 2.45) is 0 Å². The Balaban J connectivity index is 1.09. The number of thioether (sulfide) groups is 1. The largest absolute Gasteiger partial charge is 0.497 e. The van der Waals surface area contributed by atoms with E-state index in [9.17, 15) is 14.4 Å². The second-order valence-corrected chi connectivity index (χ2v) is 15.7. The summed E-state index contributed by atoms with van der Waals surface area (Å²) in [6.45, 7) is 5.77. The summed E-state index contributed by atoms with van der Waals surface area (Å²) in [4.78, 5) is 39.7. The van der Waals surface area contributed by atoms with E-state index in [-0.39, 0.29) is 31.3 Å². The molecule has 55 heavy (non-hydrogen) atoms. The number of hydrogen-bond acceptors (Lipinski definition) is 7. The van der Waals surface area contributed by atoms with Gasteiger partial charge in [-0.2, -0.15) is 0 Å². The molecule has 0 aromatic heterocycles. The zero-order chi connectivity index (χ0) is 38.8. The molecule has 0 aliphatic heterocycles. The maximum atomic E-state index is 13.3. The van der Waals surface area contributed by atoms with E-state index in [1.54, 1.807) is 39.6 Å². The van der Waals surface area contributed by atoms with Gasteiger partial charge in [-0.05, 0) is 78.3 Å². The van der Waals surface area contributed by atoms with Crippen LogP contribution in [-0.4, -0.2) is 55.6 Å². The van der Waals surface area contributed by atoms with Gasteiger partial charge in [0.2, 0.25) is 5.91 Å². The predicted octanol–water partition coefficient (Wildman–Crippen LogP) is 8.87. The summed E-state index contributed by atoms with van der Waals surface area (Å²) in [7, 11) is 1.65. The van der Waals surface area contributed by atoms with Crippen LogP contribution in [0.1, 0.15) is 67.3 Å². The molecular formula is C46H48N2O6S. The summed E-state index contributed by atoms with van der Waals surface area (Å²) in [5.41, 5.74) is 6.94. The first-order valence-electron chi connectivity index (χ1n) is 18.6. The molecule has 2 amide bonds. The Hall–Kier alpha value is -5.54. The first kappa shape index (κ1) is 39.2. The van der Waals surface area contributed by atoms with E-state index in [0.717, 1.165) is 44.7 Å². The SMILES string of the molecule is COc1ccc(C(SCCNC(=O)CC[C@H](NC(=O)OCC2c3ccccc3-c3ccccc32)C(=O)OC(C)(C)C)(c2ccccc2)c2ccccc2)cc1. The van der Waals surface area contributed by atoms with Crippen molar-refractivity contribution < 1.29 is 28.6 Å². The van der Waals surface area contributed by atoms with Crippen LogP contribution in [0.2, 0.25) is 0 Å². The van der Waals surface area contributed by atoms with Gasteiger partial charge in [-0.15, -0.1) is 11.8 Å². The van der Waals surface area contributed by atoms with Gasteiger partial charge in [0.1, 0.15) is 24.0 Å². The average Bonchev–Trinajstić information content (AvgIpc) is 3.52. The van der Waals surface area contributed by atoms with Crippen molar-refractivity contribution in [3.8, 4) is 16.9 Å². The Morgan fingerprint density at radius 1 is 0.709 bits per heavy atom. The number of carbonyl (C=O) groups excluding carboxylic acids is 3. The van der Waals surface area contributed by atoms with Crippen LogP contribution in [0, 0.1) is 0 Å². The fraction of sp³-hybridized carbons (Fsp3) is 0.283. The average molecular weight is 757 g/mol. The molecular weight excluding hydrogens is 709 g/mol. The standard InChI is InChI=1S/C46H48N2O6S/c1-45(2,3)54-43(50)41(48-44(51)53-31-40-38-21-13-11-19-36(38)37-20-12-14-22-39(37)40)27-28-42(49)47-29-30-55-46(32-15-7-5-8-16-32,33-17-9-6-10-18-33)34-23-25-35(52-4)26-24-34/h5-26,40-41H,27-31H2,1-4H3,(H,47,49)(H,48,51)/t41-/m0/s1. The van der Waals surface area contributed by atoms with Crippen LogP contribution in [0.3, 0.4) is 0 Å². The highest BCUT2D eigenvalue weighted by atomic mass is 32.2. The summed E-state index contributed by atoms with van der Waals surface area (Å²) in [5, 5.41) is 5.72. The summed E-state index contributed by atoms with van der Waals surface area (Å²) >= 11 is 1.73. The molecule has 5 aromatic rings. The molecule has 9 heteroatoms. The lowest BCUT2D eigenvalue weighted by atomic mass is 9.84. The number of fused-ring (bicyclic) bond motifs is 3. The van der Waals surface area contributed by atoms with E-state index >= 15 is 0 Å². The molecule has 1 atom stereocenters. The molecule has 0 unspecified atom stereocenters. The van der Waals surface area contributed by atoms with E-state index in [4.69, 9.17) is 14.2 Å². The normalized spacial score (nSPS) is 12.9. The second kappa shape index (κ2) is 17.7. The molecule has 1 aliphatic carbocycles. The predicted molar refractivity (Wildman–Crippen MR) is 218 cm³/mol. The summed E-state index contributed by atoms with van der Waals surface area (Å²) in [6.07, 6.45) is -0.701. The molecule has 0 bridgehead atoms. The van der Waals surface area contributed by atoms with Crippen LogP contribution in [0.4, 0.5) is 4.79 Å². The van der Waals surface area contributed by atoms with Gasteiger partial charge in [0.05, 0.1) is 11.9 Å². The minimum Gasteiger partial charge on any atom is -0.497 e. The summed E-state index contributed by atoms with van der Waals surface area (Å²) in [5.74, 6) is 0.370. The smallest absolute Gasteiger partial charge is 0.407 e. The fourth-order valence-electron chi connectivity index (χ4n) is 7.08. The van der Waals surface area contributed by atoms with Crippen molar-refractivity contribution in [2.45, 2.75) is 55.9 Å². The number of ether oxygens (including phenoxy) is 3. The zero-order valence-electron chi connectivity index (χ0n) is 31.7. The lowest BCUT2D eigenvalue weighted by Crippen LogP contribution is -2.45. The van der Waals surface area contributed by atoms with Crippen molar-refractivity contribution in [3.63, 3.8) is 0 Å². The number of amides is 2. The van der Waals surface area contributed by atoms with Crippen LogP contribution in [0.15, 0.2) is 133 Å². The number of nitrogens with one attached hydrogen (secondary N) is 2. The van der Waals surface area contributed by atoms with E-state index < -0.39 is 28.5 Å². The van der Waals surface area contributed by atoms with Crippen molar-refractivity contribution in [2.75, 3.05) is 26.0 Å². The molecule has 0 fully saturated rings. The molecule has 0 heterocycles. The maximum Gasteiger partial charge on any atom is 0.407 e. The summed E-state index contributed by atoms with van der Waals surface area (Å²) in [6, 6.07) is 43.9. The molecule has 0 radical (unpaired) electrons. The molecule has 6 rings (SSSR count). The first-order chi connectivity index (χ1) is 26.6. The highest BCUT2D eigenvalue weighted by Gasteiger charge is 2.37. The molecule has 0 saturated carbocycles. The van der Waals surface area contributed by atoms with Gasteiger partial charge in [-0.1, -0.05) is 121 Å². The summed E-state index contributed by atoms with van der Waals surface area (Å²) < 4.78 is 16.3. The number of rotatable bonds is 15. The van der Waals surface area contributed by atoms with Gasteiger partial charge in [0.25, 0.3) is 0 Å². The molecule has 1 aliphatic rings. The van der Waals surface area contributed by atoms with Gasteiger partial charge in [0, 0.05) is 24.6 Å². The topological polar surface area (TPSA) is 103 Å². The Bertz CT molecular complexity index is 1980. The molecule has 284 valence electrons. The number of carbonyl (C=O) groups is 3. The van der Waals surface area contributed by atoms with Gasteiger partial charge < -0.3 is 24.8 Å². The second-order valence-electron chi connectivity index (χ2n) is 14.4. The van der Waals surface area contributed by atoms with Gasteiger partial charge in [-0.25, -0.2) is 9.59 Å². The third-order valence-electron chi connectivity index (χ3n) is 9.59. The minimum atomic E-state index is -1.08. The van der Waals surface area contributed by atoms with E-state index in [1.165, 1.54) is 0 Å². The molecule has 0 spiro atoms. The third kappa shape index (κ3) is 9.41. The third-order valence-corrected chi connectivity index (χ3v) is 11.1. The lowest BCUT2D eigenvalue weighted by molar-refractivity contribution is -0.157. The maximum absolute atomic E-state index is 13.3. The van der Waals surface area contributed by atoms with Gasteiger partial charge in [0.15, 0.2) is 0 Å². The number of methoxy groups -OCH3 is 1. The van der Waals surface area contributed by atoms with Crippen LogP contribution >= 0.6 is 11.8 Å². The fourth-order valence-corrected chi connectivity index (χ4v) is 8.50. The van der Waals surface area contributed by atoms with E-state index in [0.29, 0.717) is 12.3 Å². The Morgan fingerprint density at radius 2 is 1.24 bits per heavy atom. The van der Waals surface area contributed by atoms with E-state index in [1.807, 2.05) is 84.9 Å². The molecule has 8 nitrogen and oxygen atoms in total. The Morgan fingerprint density at radius 3 is 1.78 bits per heavy atom.